The predicted octanol–water partition coefficient (Wildman–Crippen LogP) is 2.19. The highest BCUT2D eigenvalue weighted by molar-refractivity contribution is 6.88. The molecule has 14 heavy (non-hydrogen) atoms. The van der Waals surface area contributed by atoms with Gasteiger partial charge >= 0.3 is 0 Å². The third kappa shape index (κ3) is 2.99. The molecular formula is C11H17NOSi. The molecule has 3 heteroatoms. The molecule has 0 spiro atoms. The summed E-state index contributed by atoms with van der Waals surface area (Å²) in [5.74, 6) is -0.0225. The standard InChI is InChI=1S/C11H17NOSi/c1-9(13)12-10-5-7-11(8-6-10)14(2,3)4/h5-8H,1-4H3,(H,12,13). The minimum atomic E-state index is -1.21. The highest BCUT2D eigenvalue weighted by Crippen LogP contribution is 2.08. The Morgan fingerprint density at radius 3 is 2.00 bits per heavy atom. The van der Waals surface area contributed by atoms with E-state index in [0.717, 1.165) is 5.69 Å². The predicted molar refractivity (Wildman–Crippen MR) is 63.7 cm³/mol. The molecule has 1 N–H and O–H groups in total. The molecule has 2 nitrogen and oxygen atoms in total. The van der Waals surface area contributed by atoms with Crippen molar-refractivity contribution in [1.29, 1.82) is 0 Å². The molecule has 0 saturated carbocycles. The van der Waals surface area contributed by atoms with Crippen molar-refractivity contribution in [2.75, 3.05) is 5.32 Å². The molecular weight excluding hydrogens is 190 g/mol. The number of rotatable bonds is 2. The molecule has 76 valence electrons. The maximum Gasteiger partial charge on any atom is 0.221 e. The number of hydrogen-bond donors (Lipinski definition) is 1. The SMILES string of the molecule is CC(=O)Nc1ccc([Si](C)(C)C)cc1. The summed E-state index contributed by atoms with van der Waals surface area (Å²) in [6, 6.07) is 8.15. The zero-order valence-electron chi connectivity index (χ0n) is 9.22. The van der Waals surface area contributed by atoms with Crippen LogP contribution in [-0.4, -0.2) is 14.0 Å². The number of benzene rings is 1. The topological polar surface area (TPSA) is 29.1 Å². The lowest BCUT2D eigenvalue weighted by Gasteiger charge is -2.16. The zero-order chi connectivity index (χ0) is 10.8. The van der Waals surface area contributed by atoms with Crippen molar-refractivity contribution in [3.05, 3.63) is 24.3 Å². The maximum absolute atomic E-state index is 10.8. The van der Waals surface area contributed by atoms with E-state index in [0.29, 0.717) is 0 Å². The summed E-state index contributed by atoms with van der Waals surface area (Å²) >= 11 is 0. The number of carbonyl (C=O) groups is 1. The molecule has 0 aromatic heterocycles. The molecule has 1 amide bonds. The molecule has 0 fully saturated rings. The van der Waals surface area contributed by atoms with E-state index in [1.54, 1.807) is 0 Å². The molecule has 0 saturated heterocycles. The molecule has 0 bridgehead atoms. The van der Waals surface area contributed by atoms with Gasteiger partial charge in [0.15, 0.2) is 0 Å². The fraction of sp³-hybridized carbons (Fsp3) is 0.364. The van der Waals surface area contributed by atoms with Crippen LogP contribution in [0.1, 0.15) is 6.92 Å². The number of amides is 1. The van der Waals surface area contributed by atoms with Crippen molar-refractivity contribution in [3.8, 4) is 0 Å². The van der Waals surface area contributed by atoms with Gasteiger partial charge in [0, 0.05) is 12.6 Å². The van der Waals surface area contributed by atoms with Crippen LogP contribution in [0.25, 0.3) is 0 Å². The second-order valence-corrected chi connectivity index (χ2v) is 9.59. The van der Waals surface area contributed by atoms with Crippen LogP contribution >= 0.6 is 0 Å². The first-order valence-corrected chi connectivity index (χ1v) is 8.28. The first-order valence-electron chi connectivity index (χ1n) is 4.78. The Morgan fingerprint density at radius 2 is 1.64 bits per heavy atom. The van der Waals surface area contributed by atoms with E-state index < -0.39 is 8.07 Å². The number of carbonyl (C=O) groups excluding carboxylic acids is 1. The highest BCUT2D eigenvalue weighted by Gasteiger charge is 2.15. The molecule has 1 aromatic carbocycles. The van der Waals surface area contributed by atoms with Crippen LogP contribution < -0.4 is 10.5 Å². The van der Waals surface area contributed by atoms with Crippen LogP contribution in [0.15, 0.2) is 24.3 Å². The van der Waals surface area contributed by atoms with E-state index in [9.17, 15) is 4.79 Å². The van der Waals surface area contributed by atoms with Gasteiger partial charge < -0.3 is 5.32 Å². The maximum atomic E-state index is 10.8. The lowest BCUT2D eigenvalue weighted by atomic mass is 10.3. The van der Waals surface area contributed by atoms with E-state index in [1.165, 1.54) is 12.1 Å². The van der Waals surface area contributed by atoms with E-state index in [2.05, 4.69) is 37.1 Å². The largest absolute Gasteiger partial charge is 0.326 e. The van der Waals surface area contributed by atoms with Crippen LogP contribution in [0.2, 0.25) is 19.6 Å². The summed E-state index contributed by atoms with van der Waals surface area (Å²) in [5, 5.41) is 4.17. The van der Waals surface area contributed by atoms with Gasteiger partial charge in [-0.15, -0.1) is 0 Å². The molecule has 0 unspecified atom stereocenters. The minimum absolute atomic E-state index is 0.0225. The average molecular weight is 207 g/mol. The van der Waals surface area contributed by atoms with Crippen molar-refractivity contribution in [2.45, 2.75) is 26.6 Å². The Kier molecular flexibility index (Phi) is 3.11. The van der Waals surface area contributed by atoms with Gasteiger partial charge in [0.25, 0.3) is 0 Å². The van der Waals surface area contributed by atoms with Crippen molar-refractivity contribution in [2.24, 2.45) is 0 Å². The van der Waals surface area contributed by atoms with Crippen molar-refractivity contribution in [1.82, 2.24) is 0 Å². The molecule has 1 rings (SSSR count). The summed E-state index contributed by atoms with van der Waals surface area (Å²) in [6.07, 6.45) is 0. The quantitative estimate of drug-likeness (QED) is 0.740. The Balaban J connectivity index is 2.84. The van der Waals surface area contributed by atoms with Gasteiger partial charge in [-0.25, -0.2) is 0 Å². The van der Waals surface area contributed by atoms with Crippen LogP contribution in [0.3, 0.4) is 0 Å². The van der Waals surface area contributed by atoms with Gasteiger partial charge in [0.2, 0.25) is 5.91 Å². The lowest BCUT2D eigenvalue weighted by Crippen LogP contribution is -2.37. The van der Waals surface area contributed by atoms with Crippen molar-refractivity contribution in [3.63, 3.8) is 0 Å². The van der Waals surface area contributed by atoms with Gasteiger partial charge in [-0.05, 0) is 12.1 Å². The Hall–Kier alpha value is -1.09. The van der Waals surface area contributed by atoms with E-state index in [1.807, 2.05) is 12.1 Å². The summed E-state index contributed by atoms with van der Waals surface area (Å²) in [4.78, 5) is 10.8. The second kappa shape index (κ2) is 3.96. The van der Waals surface area contributed by atoms with Crippen molar-refractivity contribution >= 4 is 24.9 Å². The molecule has 0 heterocycles. The molecule has 0 aliphatic carbocycles. The van der Waals surface area contributed by atoms with Crippen LogP contribution in [-0.2, 0) is 4.79 Å². The minimum Gasteiger partial charge on any atom is -0.326 e. The average Bonchev–Trinajstić information content (AvgIpc) is 2.02. The van der Waals surface area contributed by atoms with Gasteiger partial charge in [0.1, 0.15) is 0 Å². The second-order valence-electron chi connectivity index (χ2n) is 4.51. The summed E-state index contributed by atoms with van der Waals surface area (Å²) in [7, 11) is -1.21. The number of nitrogens with one attached hydrogen (secondary N) is 1. The van der Waals surface area contributed by atoms with Gasteiger partial charge in [-0.3, -0.25) is 4.79 Å². The molecule has 0 atom stereocenters. The van der Waals surface area contributed by atoms with Crippen LogP contribution in [0.4, 0.5) is 5.69 Å². The number of anilines is 1. The van der Waals surface area contributed by atoms with Crippen molar-refractivity contribution < 1.29 is 4.79 Å². The fourth-order valence-corrected chi connectivity index (χ4v) is 2.42. The third-order valence-corrected chi connectivity index (χ3v) is 4.14. The first kappa shape index (κ1) is 11.0. The Labute approximate surface area is 86.3 Å². The van der Waals surface area contributed by atoms with Crippen LogP contribution in [0, 0.1) is 0 Å². The van der Waals surface area contributed by atoms with E-state index in [4.69, 9.17) is 0 Å². The third-order valence-electron chi connectivity index (χ3n) is 2.07. The van der Waals surface area contributed by atoms with E-state index >= 15 is 0 Å². The van der Waals surface area contributed by atoms with Gasteiger partial charge in [-0.2, -0.15) is 0 Å². The first-order chi connectivity index (χ1) is 6.39. The van der Waals surface area contributed by atoms with Gasteiger partial charge in [0.05, 0.1) is 8.07 Å². The monoisotopic (exact) mass is 207 g/mol. The Bertz CT molecular complexity index is 324. The highest BCUT2D eigenvalue weighted by atomic mass is 28.3. The summed E-state index contributed by atoms with van der Waals surface area (Å²) in [6.45, 7) is 8.44. The summed E-state index contributed by atoms with van der Waals surface area (Å²) in [5.41, 5.74) is 0.875. The molecule has 1 aromatic rings. The van der Waals surface area contributed by atoms with Gasteiger partial charge in [-0.1, -0.05) is 37.0 Å². The Morgan fingerprint density at radius 1 is 1.14 bits per heavy atom. The number of hydrogen-bond acceptors (Lipinski definition) is 1. The van der Waals surface area contributed by atoms with Crippen LogP contribution in [0.5, 0.6) is 0 Å². The molecule has 0 radical (unpaired) electrons. The fourth-order valence-electron chi connectivity index (χ4n) is 1.26. The smallest absolute Gasteiger partial charge is 0.221 e. The molecule has 0 aliphatic heterocycles. The zero-order valence-corrected chi connectivity index (χ0v) is 10.2. The van der Waals surface area contributed by atoms with E-state index in [-0.39, 0.29) is 5.91 Å². The molecule has 0 aliphatic rings. The summed E-state index contributed by atoms with van der Waals surface area (Å²) < 4.78 is 0. The lowest BCUT2D eigenvalue weighted by molar-refractivity contribution is -0.114. The normalized spacial score (nSPS) is 11.1.